The minimum absolute atomic E-state index is 1.04. The second-order valence-electron chi connectivity index (χ2n) is 4.15. The van der Waals surface area contributed by atoms with Crippen molar-refractivity contribution in [2.75, 3.05) is 0 Å². The Labute approximate surface area is 91.8 Å². The van der Waals surface area contributed by atoms with Crippen LogP contribution in [0.15, 0.2) is 12.7 Å². The Balaban J connectivity index is 0. The van der Waals surface area contributed by atoms with Crippen LogP contribution in [0.1, 0.15) is 72.6 Å². The molecule has 86 valence electrons. The van der Waals surface area contributed by atoms with Crippen molar-refractivity contribution in [2.45, 2.75) is 72.6 Å². The van der Waals surface area contributed by atoms with Gasteiger partial charge in [0.2, 0.25) is 0 Å². The molecule has 1 aliphatic rings. The maximum atomic E-state index is 3.36. The Morgan fingerprint density at radius 3 is 1.57 bits per heavy atom. The molecule has 0 aromatic heterocycles. The quantitative estimate of drug-likeness (QED) is 0.482. The molecule has 0 radical (unpaired) electrons. The zero-order chi connectivity index (χ0) is 11.2. The van der Waals surface area contributed by atoms with Crippen LogP contribution in [0, 0.1) is 5.92 Å². The van der Waals surface area contributed by atoms with Crippen molar-refractivity contribution >= 4 is 0 Å². The third kappa shape index (κ3) is 17.7. The summed E-state index contributed by atoms with van der Waals surface area (Å²) in [5.74, 6) is 1.04. The lowest BCUT2D eigenvalue weighted by Crippen LogP contribution is -1.99. The van der Waals surface area contributed by atoms with Gasteiger partial charge in [0.1, 0.15) is 0 Å². The third-order valence-electron chi connectivity index (χ3n) is 2.39. The first kappa shape index (κ1) is 16.2. The highest BCUT2D eigenvalue weighted by Gasteiger charge is 2.05. The molecule has 0 aromatic carbocycles. The summed E-state index contributed by atoms with van der Waals surface area (Å²) in [6.45, 7) is 12.0. The van der Waals surface area contributed by atoms with Crippen molar-refractivity contribution in [2.24, 2.45) is 5.92 Å². The molecule has 0 saturated heterocycles. The Morgan fingerprint density at radius 2 is 1.43 bits per heavy atom. The van der Waals surface area contributed by atoms with E-state index < -0.39 is 0 Å². The summed E-state index contributed by atoms with van der Waals surface area (Å²) in [4.78, 5) is 0. The van der Waals surface area contributed by atoms with Crippen LogP contribution >= 0.6 is 0 Å². The highest BCUT2D eigenvalue weighted by atomic mass is 14.1. The summed E-state index contributed by atoms with van der Waals surface area (Å²) in [6, 6.07) is 0. The standard InChI is InChI=1S/C7H14.C4H10.C3H6/c1-7-5-3-2-4-6-7;1-3-4-2;1-3-2/h7H,2-6H2,1H3;3-4H2,1-2H3;3H,1H2,2H3. The predicted octanol–water partition coefficient (Wildman–Crippen LogP) is 5.59. The lowest BCUT2D eigenvalue weighted by molar-refractivity contribution is 0.385. The van der Waals surface area contributed by atoms with Gasteiger partial charge in [-0.15, -0.1) is 6.58 Å². The molecule has 0 unspecified atom stereocenters. The van der Waals surface area contributed by atoms with E-state index in [4.69, 9.17) is 0 Å². The SMILES string of the molecule is C=CC.CC1CCCCC1.CCCC. The average Bonchev–Trinajstić information content (AvgIpc) is 2.21. The Hall–Kier alpha value is -0.260. The highest BCUT2D eigenvalue weighted by molar-refractivity contribution is 4.59. The van der Waals surface area contributed by atoms with E-state index in [9.17, 15) is 0 Å². The van der Waals surface area contributed by atoms with Crippen LogP contribution in [0.25, 0.3) is 0 Å². The van der Waals surface area contributed by atoms with Gasteiger partial charge in [0.05, 0.1) is 0 Å². The summed E-state index contributed by atoms with van der Waals surface area (Å²) in [5.41, 5.74) is 0. The first-order valence-corrected chi connectivity index (χ1v) is 6.29. The minimum atomic E-state index is 1.04. The monoisotopic (exact) mass is 198 g/mol. The van der Waals surface area contributed by atoms with Crippen LogP contribution in [0.5, 0.6) is 0 Å². The molecule has 0 heterocycles. The van der Waals surface area contributed by atoms with Crippen molar-refractivity contribution in [3.05, 3.63) is 12.7 Å². The summed E-state index contributed by atoms with van der Waals surface area (Å²) in [7, 11) is 0. The topological polar surface area (TPSA) is 0 Å². The van der Waals surface area contributed by atoms with E-state index in [0.717, 1.165) is 5.92 Å². The molecular formula is C14H30. The van der Waals surface area contributed by atoms with E-state index in [0.29, 0.717) is 0 Å². The molecule has 0 amide bonds. The first-order valence-electron chi connectivity index (χ1n) is 6.29. The van der Waals surface area contributed by atoms with Gasteiger partial charge in [0, 0.05) is 0 Å². The Morgan fingerprint density at radius 1 is 1.07 bits per heavy atom. The van der Waals surface area contributed by atoms with Gasteiger partial charge in [0.25, 0.3) is 0 Å². The van der Waals surface area contributed by atoms with Gasteiger partial charge in [0.15, 0.2) is 0 Å². The summed E-state index contributed by atoms with van der Waals surface area (Å²) in [5, 5.41) is 0. The van der Waals surface area contributed by atoms with Gasteiger partial charge in [-0.2, -0.15) is 0 Å². The van der Waals surface area contributed by atoms with E-state index in [1.165, 1.54) is 44.9 Å². The maximum absolute atomic E-state index is 3.36. The Bertz CT molecular complexity index is 86.2. The lowest BCUT2D eigenvalue weighted by Gasteiger charge is -2.15. The highest BCUT2D eigenvalue weighted by Crippen LogP contribution is 2.21. The second-order valence-corrected chi connectivity index (χ2v) is 4.15. The fourth-order valence-corrected chi connectivity index (χ4v) is 1.31. The fraction of sp³-hybridized carbons (Fsp3) is 0.857. The predicted molar refractivity (Wildman–Crippen MR) is 68.7 cm³/mol. The molecule has 14 heavy (non-hydrogen) atoms. The molecule has 0 bridgehead atoms. The minimum Gasteiger partial charge on any atom is -0.103 e. The van der Waals surface area contributed by atoms with Crippen LogP contribution < -0.4 is 0 Å². The van der Waals surface area contributed by atoms with E-state index in [2.05, 4.69) is 27.4 Å². The van der Waals surface area contributed by atoms with Crippen LogP contribution in [-0.4, -0.2) is 0 Å². The molecule has 0 N–H and O–H groups in total. The summed E-state index contributed by atoms with van der Waals surface area (Å²) >= 11 is 0. The normalized spacial score (nSPS) is 15.7. The van der Waals surface area contributed by atoms with Crippen molar-refractivity contribution in [1.29, 1.82) is 0 Å². The maximum Gasteiger partial charge on any atom is -0.0443 e. The zero-order valence-corrected chi connectivity index (χ0v) is 10.8. The molecule has 0 spiro atoms. The largest absolute Gasteiger partial charge is 0.103 e. The van der Waals surface area contributed by atoms with E-state index in [-0.39, 0.29) is 0 Å². The van der Waals surface area contributed by atoms with E-state index in [1.807, 2.05) is 6.92 Å². The number of hydrogen-bond acceptors (Lipinski definition) is 0. The summed E-state index contributed by atoms with van der Waals surface area (Å²) in [6.07, 6.45) is 11.8. The molecule has 1 rings (SSSR count). The average molecular weight is 198 g/mol. The van der Waals surface area contributed by atoms with E-state index >= 15 is 0 Å². The second kappa shape index (κ2) is 15.2. The smallest absolute Gasteiger partial charge is 0.0443 e. The summed E-state index contributed by atoms with van der Waals surface area (Å²) < 4.78 is 0. The molecular weight excluding hydrogens is 168 g/mol. The molecule has 0 aliphatic heterocycles. The number of rotatable bonds is 1. The van der Waals surface area contributed by atoms with Crippen LogP contribution in [0.2, 0.25) is 0 Å². The van der Waals surface area contributed by atoms with Gasteiger partial charge < -0.3 is 0 Å². The van der Waals surface area contributed by atoms with Crippen LogP contribution in [0.3, 0.4) is 0 Å². The van der Waals surface area contributed by atoms with Gasteiger partial charge in [-0.3, -0.25) is 0 Å². The van der Waals surface area contributed by atoms with Crippen LogP contribution in [-0.2, 0) is 0 Å². The first-order chi connectivity index (χ1) is 6.72. The van der Waals surface area contributed by atoms with Gasteiger partial charge in [-0.05, 0) is 12.8 Å². The number of hydrogen-bond donors (Lipinski definition) is 0. The van der Waals surface area contributed by atoms with Gasteiger partial charge in [-0.25, -0.2) is 0 Å². The van der Waals surface area contributed by atoms with Crippen LogP contribution in [0.4, 0.5) is 0 Å². The Kier molecular flexibility index (Phi) is 17.6. The molecule has 1 saturated carbocycles. The molecule has 1 aliphatic carbocycles. The zero-order valence-electron chi connectivity index (χ0n) is 10.8. The van der Waals surface area contributed by atoms with Crippen molar-refractivity contribution < 1.29 is 0 Å². The third-order valence-corrected chi connectivity index (χ3v) is 2.39. The molecule has 0 aromatic rings. The van der Waals surface area contributed by atoms with Gasteiger partial charge >= 0.3 is 0 Å². The molecule has 0 atom stereocenters. The number of unbranched alkanes of at least 4 members (excludes halogenated alkanes) is 1. The van der Waals surface area contributed by atoms with Crippen molar-refractivity contribution in [3.63, 3.8) is 0 Å². The van der Waals surface area contributed by atoms with E-state index in [1.54, 1.807) is 6.08 Å². The van der Waals surface area contributed by atoms with Crippen molar-refractivity contribution in [1.82, 2.24) is 0 Å². The fourth-order valence-electron chi connectivity index (χ4n) is 1.31. The molecule has 0 nitrogen and oxygen atoms in total. The van der Waals surface area contributed by atoms with Gasteiger partial charge in [-0.1, -0.05) is 71.8 Å². The number of allylic oxidation sites excluding steroid dienone is 1. The molecule has 1 fully saturated rings. The molecule has 0 heteroatoms. The van der Waals surface area contributed by atoms with Crippen molar-refractivity contribution in [3.8, 4) is 0 Å². The lowest BCUT2D eigenvalue weighted by atomic mass is 9.91.